The highest BCUT2D eigenvalue weighted by Crippen LogP contribution is 2.37. The van der Waals surface area contributed by atoms with Crippen LogP contribution in [-0.2, 0) is 9.84 Å². The van der Waals surface area contributed by atoms with Crippen molar-refractivity contribution in [3.05, 3.63) is 57.5 Å². The van der Waals surface area contributed by atoms with Crippen LogP contribution in [0.15, 0.2) is 46.7 Å². The number of non-ortho nitro benzene ring substituents is 1. The average molecular weight is 365 g/mol. The second kappa shape index (κ2) is 7.22. The average Bonchev–Trinajstić information content (AvgIpc) is 2.60. The first-order valence-corrected chi connectivity index (χ1v) is 8.45. The molecule has 0 aromatic heterocycles. The van der Waals surface area contributed by atoms with Crippen molar-refractivity contribution >= 4 is 21.6 Å². The van der Waals surface area contributed by atoms with Crippen LogP contribution in [0.1, 0.15) is 5.56 Å². The van der Waals surface area contributed by atoms with Crippen molar-refractivity contribution < 1.29 is 27.9 Å². The number of sulfone groups is 1. The third-order valence-corrected chi connectivity index (χ3v) is 4.74. The number of nitro benzene ring substituents is 1. The van der Waals surface area contributed by atoms with E-state index in [-0.39, 0.29) is 27.8 Å². The molecule has 2 rings (SSSR count). The maximum atomic E-state index is 12.3. The maximum absolute atomic E-state index is 12.3. The molecule has 0 fully saturated rings. The Hall–Kier alpha value is -3.07. The van der Waals surface area contributed by atoms with E-state index < -0.39 is 14.8 Å². The van der Waals surface area contributed by atoms with Crippen molar-refractivity contribution in [3.8, 4) is 17.2 Å². The van der Waals surface area contributed by atoms with E-state index in [4.69, 9.17) is 9.47 Å². The minimum atomic E-state index is -3.80. The molecule has 2 aromatic carbocycles. The van der Waals surface area contributed by atoms with Crippen LogP contribution in [0.3, 0.4) is 0 Å². The standard InChI is InChI=1S/C16H15NO7S/c1-23-14-9-11(10-15(24-2)16(14)18)7-8-25(21,22)13-5-3-12(4-6-13)17(19)20/h3-10,18H,1-2H3/b8-7+. The molecule has 0 amide bonds. The van der Waals surface area contributed by atoms with E-state index in [9.17, 15) is 23.6 Å². The molecule has 0 saturated carbocycles. The highest BCUT2D eigenvalue weighted by atomic mass is 32.2. The Kier molecular flexibility index (Phi) is 5.28. The molecule has 0 atom stereocenters. The third-order valence-electron chi connectivity index (χ3n) is 3.32. The van der Waals surface area contributed by atoms with Crippen molar-refractivity contribution in [3.63, 3.8) is 0 Å². The molecular weight excluding hydrogens is 350 g/mol. The Morgan fingerprint density at radius 3 is 2.04 bits per heavy atom. The predicted octanol–water partition coefficient (Wildman–Crippen LogP) is 2.76. The Morgan fingerprint density at radius 1 is 1.08 bits per heavy atom. The monoisotopic (exact) mass is 365 g/mol. The summed E-state index contributed by atoms with van der Waals surface area (Å²) in [6.07, 6.45) is 1.31. The fourth-order valence-corrected chi connectivity index (χ4v) is 3.02. The number of nitrogens with zero attached hydrogens (tertiary/aromatic N) is 1. The number of rotatable bonds is 6. The molecule has 0 spiro atoms. The molecule has 8 nitrogen and oxygen atoms in total. The van der Waals surface area contributed by atoms with E-state index in [0.29, 0.717) is 5.56 Å². The SMILES string of the molecule is COc1cc(/C=C/S(=O)(=O)c2ccc([N+](=O)[O-])cc2)cc(OC)c1O. The van der Waals surface area contributed by atoms with Crippen LogP contribution in [0.25, 0.3) is 6.08 Å². The van der Waals surface area contributed by atoms with E-state index in [1.54, 1.807) is 0 Å². The van der Waals surface area contributed by atoms with Crippen molar-refractivity contribution in [2.24, 2.45) is 0 Å². The zero-order valence-corrected chi connectivity index (χ0v) is 14.2. The molecule has 0 aliphatic carbocycles. The summed E-state index contributed by atoms with van der Waals surface area (Å²) in [5, 5.41) is 21.4. The van der Waals surface area contributed by atoms with E-state index in [0.717, 1.165) is 29.7 Å². The van der Waals surface area contributed by atoms with Gasteiger partial charge in [0.05, 0.1) is 24.0 Å². The zero-order valence-electron chi connectivity index (χ0n) is 13.4. The van der Waals surface area contributed by atoms with Gasteiger partial charge in [-0.05, 0) is 35.9 Å². The number of hydrogen-bond donors (Lipinski definition) is 1. The van der Waals surface area contributed by atoms with Crippen LogP contribution in [-0.4, -0.2) is 32.7 Å². The van der Waals surface area contributed by atoms with Gasteiger partial charge in [-0.3, -0.25) is 10.1 Å². The molecule has 0 saturated heterocycles. The van der Waals surface area contributed by atoms with Crippen molar-refractivity contribution in [1.82, 2.24) is 0 Å². The number of phenolic OH excluding ortho intramolecular Hbond substituents is 1. The Morgan fingerprint density at radius 2 is 1.60 bits per heavy atom. The second-order valence-corrected chi connectivity index (χ2v) is 6.71. The fraction of sp³-hybridized carbons (Fsp3) is 0.125. The van der Waals surface area contributed by atoms with E-state index in [1.807, 2.05) is 0 Å². The Bertz CT molecular complexity index is 893. The lowest BCUT2D eigenvalue weighted by molar-refractivity contribution is -0.384. The van der Waals surface area contributed by atoms with E-state index in [1.165, 1.54) is 32.4 Å². The molecule has 9 heteroatoms. The molecule has 25 heavy (non-hydrogen) atoms. The van der Waals surface area contributed by atoms with Gasteiger partial charge < -0.3 is 14.6 Å². The van der Waals surface area contributed by atoms with Crippen LogP contribution >= 0.6 is 0 Å². The summed E-state index contributed by atoms with van der Waals surface area (Å²) in [5.74, 6) is 0.0684. The van der Waals surface area contributed by atoms with Gasteiger partial charge in [0.15, 0.2) is 21.3 Å². The molecule has 2 aromatic rings. The number of benzene rings is 2. The van der Waals surface area contributed by atoms with Crippen molar-refractivity contribution in [2.75, 3.05) is 14.2 Å². The van der Waals surface area contributed by atoms with Crippen LogP contribution in [0.5, 0.6) is 17.2 Å². The quantitative estimate of drug-likeness (QED) is 0.618. The molecule has 0 radical (unpaired) electrons. The van der Waals surface area contributed by atoms with Gasteiger partial charge in [-0.15, -0.1) is 0 Å². The zero-order chi connectivity index (χ0) is 18.6. The van der Waals surface area contributed by atoms with E-state index in [2.05, 4.69) is 0 Å². The molecule has 0 aliphatic rings. The van der Waals surface area contributed by atoms with Crippen molar-refractivity contribution in [1.29, 1.82) is 0 Å². The number of hydrogen-bond acceptors (Lipinski definition) is 7. The first-order chi connectivity index (χ1) is 11.8. The molecule has 0 unspecified atom stereocenters. The van der Waals surface area contributed by atoms with Gasteiger partial charge in [0, 0.05) is 17.5 Å². The van der Waals surface area contributed by atoms with Gasteiger partial charge in [0.2, 0.25) is 5.75 Å². The molecule has 0 heterocycles. The largest absolute Gasteiger partial charge is 0.502 e. The molecule has 132 valence electrons. The normalized spacial score (nSPS) is 11.4. The van der Waals surface area contributed by atoms with Crippen LogP contribution in [0.2, 0.25) is 0 Å². The molecule has 0 aliphatic heterocycles. The van der Waals surface area contributed by atoms with Crippen LogP contribution < -0.4 is 9.47 Å². The lowest BCUT2D eigenvalue weighted by Gasteiger charge is -2.09. The number of phenols is 1. The molecule has 1 N–H and O–H groups in total. The minimum Gasteiger partial charge on any atom is -0.502 e. The van der Waals surface area contributed by atoms with Gasteiger partial charge in [-0.1, -0.05) is 0 Å². The highest BCUT2D eigenvalue weighted by molar-refractivity contribution is 7.94. The van der Waals surface area contributed by atoms with Gasteiger partial charge in [0.1, 0.15) is 0 Å². The summed E-state index contributed by atoms with van der Waals surface area (Å²) in [5.41, 5.74) is 0.230. The summed E-state index contributed by atoms with van der Waals surface area (Å²) in [6, 6.07) is 7.45. The lowest BCUT2D eigenvalue weighted by atomic mass is 10.2. The molecule has 0 bridgehead atoms. The highest BCUT2D eigenvalue weighted by Gasteiger charge is 2.14. The minimum absolute atomic E-state index is 0.0768. The van der Waals surface area contributed by atoms with Gasteiger partial charge in [-0.2, -0.15) is 0 Å². The lowest BCUT2D eigenvalue weighted by Crippen LogP contribution is -1.97. The topological polar surface area (TPSA) is 116 Å². The maximum Gasteiger partial charge on any atom is 0.269 e. The predicted molar refractivity (Wildman–Crippen MR) is 90.5 cm³/mol. The Labute approximate surface area is 144 Å². The summed E-state index contributed by atoms with van der Waals surface area (Å²) in [7, 11) is -1.08. The van der Waals surface area contributed by atoms with Gasteiger partial charge >= 0.3 is 0 Å². The Balaban J connectivity index is 2.35. The fourth-order valence-electron chi connectivity index (χ4n) is 2.01. The molecular formula is C16H15NO7S. The third kappa shape index (κ3) is 4.07. The summed E-state index contributed by atoms with van der Waals surface area (Å²) >= 11 is 0. The second-order valence-electron chi connectivity index (χ2n) is 4.87. The number of ether oxygens (including phenoxy) is 2. The van der Waals surface area contributed by atoms with Gasteiger partial charge in [0.25, 0.3) is 5.69 Å². The van der Waals surface area contributed by atoms with Crippen molar-refractivity contribution in [2.45, 2.75) is 4.90 Å². The summed E-state index contributed by atoms with van der Waals surface area (Å²) in [6.45, 7) is 0. The van der Waals surface area contributed by atoms with Crippen LogP contribution in [0.4, 0.5) is 5.69 Å². The van der Waals surface area contributed by atoms with Crippen LogP contribution in [0, 0.1) is 10.1 Å². The van der Waals surface area contributed by atoms with E-state index >= 15 is 0 Å². The number of methoxy groups -OCH3 is 2. The smallest absolute Gasteiger partial charge is 0.269 e. The summed E-state index contributed by atoms with van der Waals surface area (Å²) in [4.78, 5) is 9.93. The summed E-state index contributed by atoms with van der Waals surface area (Å²) < 4.78 is 34.6. The first kappa shape index (κ1) is 18.3. The number of nitro groups is 1. The number of aromatic hydroxyl groups is 1. The van der Waals surface area contributed by atoms with Gasteiger partial charge in [-0.25, -0.2) is 8.42 Å². The first-order valence-electron chi connectivity index (χ1n) is 6.91.